The number of aliphatic hydroxyl groups is 1. The Morgan fingerprint density at radius 3 is 2.65 bits per heavy atom. The predicted molar refractivity (Wildman–Crippen MR) is 143 cm³/mol. The highest BCUT2D eigenvalue weighted by molar-refractivity contribution is 5.65. The van der Waals surface area contributed by atoms with Crippen LogP contribution in [0.25, 0.3) is 0 Å². The van der Waals surface area contributed by atoms with Crippen molar-refractivity contribution in [1.29, 1.82) is 0 Å². The maximum absolute atomic E-state index is 12.8. The maximum Gasteiger partial charge on any atom is 0.165 e. The summed E-state index contributed by atoms with van der Waals surface area (Å²) in [4.78, 5) is 5.09. The molecule has 5 nitrogen and oxygen atoms in total. The number of hydrogen-bond acceptors (Lipinski definition) is 5. The van der Waals surface area contributed by atoms with E-state index >= 15 is 0 Å². The molecule has 8 rings (SSSR count). The average Bonchev–Trinajstić information content (AvgIpc) is 3.50. The quantitative estimate of drug-likeness (QED) is 0.569. The van der Waals surface area contributed by atoms with Crippen molar-refractivity contribution in [3.8, 4) is 11.5 Å². The SMILES string of the molecule is Oc1ccc2c3c1O[C@H]1[C@H](N4CCc5ccccc54)CC[C@@]4(O)[C@H](C2)N(CCc2ccccc2)CC[C@]314. The van der Waals surface area contributed by atoms with Crippen LogP contribution in [0, 0.1) is 0 Å². The van der Waals surface area contributed by atoms with Gasteiger partial charge in [-0.15, -0.1) is 0 Å². The van der Waals surface area contributed by atoms with Crippen LogP contribution in [0.15, 0.2) is 66.7 Å². The molecule has 5 aliphatic rings. The topological polar surface area (TPSA) is 56.2 Å². The van der Waals surface area contributed by atoms with Crippen LogP contribution in [0.3, 0.4) is 0 Å². The van der Waals surface area contributed by atoms with E-state index in [0.29, 0.717) is 5.75 Å². The fourth-order valence-corrected chi connectivity index (χ4v) is 8.82. The zero-order valence-corrected chi connectivity index (χ0v) is 21.1. The zero-order chi connectivity index (χ0) is 24.8. The second-order valence-electron chi connectivity index (χ2n) is 11.8. The van der Waals surface area contributed by atoms with Gasteiger partial charge >= 0.3 is 0 Å². The Labute approximate surface area is 218 Å². The summed E-state index contributed by atoms with van der Waals surface area (Å²) < 4.78 is 6.81. The van der Waals surface area contributed by atoms with Gasteiger partial charge in [0, 0.05) is 30.4 Å². The standard InChI is InChI=1S/C32H34N2O3/c35-26-11-10-23-20-27-32(36)15-12-25(34-18-14-22-8-4-5-9-24(22)34)30-31(32,28(23)29(26)37-30)16-19-33(27)17-13-21-6-2-1-3-7-21/h1-11,25,27,30,35-36H,12-20H2/t25-,27+,30+,31+,32-/m1/s1. The molecule has 3 aromatic rings. The number of likely N-dealkylation sites (tertiary alicyclic amines) is 1. The largest absolute Gasteiger partial charge is 0.504 e. The molecular formula is C32H34N2O3. The first-order chi connectivity index (χ1) is 18.1. The second kappa shape index (κ2) is 7.75. The van der Waals surface area contributed by atoms with Gasteiger partial charge in [0.05, 0.1) is 17.1 Å². The summed E-state index contributed by atoms with van der Waals surface area (Å²) in [7, 11) is 0. The molecule has 0 unspecified atom stereocenters. The van der Waals surface area contributed by atoms with E-state index in [1.54, 1.807) is 6.07 Å². The minimum atomic E-state index is -0.867. The summed E-state index contributed by atoms with van der Waals surface area (Å²) in [5.41, 5.74) is 5.06. The van der Waals surface area contributed by atoms with Crippen LogP contribution < -0.4 is 9.64 Å². The van der Waals surface area contributed by atoms with Crippen LogP contribution in [-0.4, -0.2) is 58.5 Å². The number of para-hydroxylation sites is 1. The zero-order valence-electron chi connectivity index (χ0n) is 21.1. The molecule has 3 heterocycles. The molecule has 1 saturated carbocycles. The highest BCUT2D eigenvalue weighted by Crippen LogP contribution is 2.66. The van der Waals surface area contributed by atoms with E-state index in [1.165, 1.54) is 22.4 Å². The van der Waals surface area contributed by atoms with Crippen molar-refractivity contribution in [3.63, 3.8) is 0 Å². The molecule has 3 aliphatic heterocycles. The number of anilines is 1. The van der Waals surface area contributed by atoms with E-state index in [2.05, 4.69) is 70.5 Å². The minimum absolute atomic E-state index is 0.0610. The smallest absolute Gasteiger partial charge is 0.165 e. The number of hydrogen-bond donors (Lipinski definition) is 2. The average molecular weight is 495 g/mol. The Kier molecular flexibility index (Phi) is 4.61. The number of fused-ring (bicyclic) bond motifs is 1. The Hall–Kier alpha value is -3.02. The summed E-state index contributed by atoms with van der Waals surface area (Å²) in [6, 6.07) is 23.5. The van der Waals surface area contributed by atoms with Crippen molar-refractivity contribution in [2.45, 2.75) is 67.7 Å². The van der Waals surface area contributed by atoms with Crippen molar-refractivity contribution in [2.24, 2.45) is 0 Å². The van der Waals surface area contributed by atoms with Gasteiger partial charge in [-0.3, -0.25) is 4.90 Å². The van der Waals surface area contributed by atoms with Gasteiger partial charge in [0.2, 0.25) is 0 Å². The Bertz CT molecular complexity index is 1380. The second-order valence-corrected chi connectivity index (χ2v) is 11.8. The lowest BCUT2D eigenvalue weighted by Crippen LogP contribution is -2.78. The molecule has 3 aromatic carbocycles. The van der Waals surface area contributed by atoms with E-state index in [4.69, 9.17) is 4.74 Å². The summed E-state index contributed by atoms with van der Waals surface area (Å²) in [5.74, 6) is 0.854. The van der Waals surface area contributed by atoms with Gasteiger partial charge in [-0.2, -0.15) is 0 Å². The van der Waals surface area contributed by atoms with E-state index in [-0.39, 0.29) is 23.9 Å². The first kappa shape index (κ1) is 22.0. The molecular weight excluding hydrogens is 460 g/mol. The molecule has 0 aromatic heterocycles. The minimum Gasteiger partial charge on any atom is -0.504 e. The van der Waals surface area contributed by atoms with Crippen LogP contribution in [0.5, 0.6) is 11.5 Å². The van der Waals surface area contributed by atoms with Gasteiger partial charge in [0.15, 0.2) is 11.5 Å². The van der Waals surface area contributed by atoms with Crippen molar-refractivity contribution in [1.82, 2.24) is 4.90 Å². The number of benzene rings is 3. The van der Waals surface area contributed by atoms with E-state index in [0.717, 1.165) is 63.7 Å². The molecule has 37 heavy (non-hydrogen) atoms. The number of nitrogens with zero attached hydrogens (tertiary/aromatic N) is 2. The molecule has 2 N–H and O–H groups in total. The Morgan fingerprint density at radius 1 is 0.919 bits per heavy atom. The van der Waals surface area contributed by atoms with Gasteiger partial charge in [0.1, 0.15) is 6.10 Å². The lowest BCUT2D eigenvalue weighted by Gasteiger charge is -2.65. The van der Waals surface area contributed by atoms with Gasteiger partial charge in [-0.05, 0) is 73.9 Å². The van der Waals surface area contributed by atoms with Crippen molar-refractivity contribution in [3.05, 3.63) is 89.0 Å². The van der Waals surface area contributed by atoms with E-state index in [1.807, 2.05) is 0 Å². The highest BCUT2D eigenvalue weighted by Gasteiger charge is 2.73. The third kappa shape index (κ3) is 2.82. The monoisotopic (exact) mass is 494 g/mol. The summed E-state index contributed by atoms with van der Waals surface area (Å²) >= 11 is 0. The number of phenolic OH excluding ortho intramolecular Hbond substituents is 1. The van der Waals surface area contributed by atoms with Crippen molar-refractivity contribution >= 4 is 5.69 Å². The fourth-order valence-electron chi connectivity index (χ4n) is 8.82. The van der Waals surface area contributed by atoms with Crippen LogP contribution in [0.2, 0.25) is 0 Å². The molecule has 190 valence electrons. The molecule has 2 aliphatic carbocycles. The molecule has 2 bridgehead atoms. The summed E-state index contributed by atoms with van der Waals surface area (Å²) in [6.07, 6.45) is 5.19. The first-order valence-corrected chi connectivity index (χ1v) is 14.0. The van der Waals surface area contributed by atoms with Gasteiger partial charge < -0.3 is 19.8 Å². The van der Waals surface area contributed by atoms with Crippen LogP contribution in [0.4, 0.5) is 5.69 Å². The molecule has 1 spiro atoms. The molecule has 1 saturated heterocycles. The summed E-state index contributed by atoms with van der Waals surface area (Å²) in [5, 5.41) is 23.7. The predicted octanol–water partition coefficient (Wildman–Crippen LogP) is 4.22. The Morgan fingerprint density at radius 2 is 1.76 bits per heavy atom. The van der Waals surface area contributed by atoms with Crippen molar-refractivity contribution in [2.75, 3.05) is 24.5 Å². The molecule has 5 atom stereocenters. The lowest BCUT2D eigenvalue weighted by molar-refractivity contribution is -0.188. The van der Waals surface area contributed by atoms with Crippen LogP contribution >= 0.6 is 0 Å². The van der Waals surface area contributed by atoms with Crippen molar-refractivity contribution < 1.29 is 14.9 Å². The number of piperidine rings is 1. The number of rotatable bonds is 4. The van der Waals surface area contributed by atoms with E-state index < -0.39 is 11.0 Å². The van der Waals surface area contributed by atoms with Crippen LogP contribution in [0.1, 0.15) is 41.5 Å². The third-order valence-corrected chi connectivity index (χ3v) is 10.4. The summed E-state index contributed by atoms with van der Waals surface area (Å²) in [6.45, 7) is 2.87. The van der Waals surface area contributed by atoms with Gasteiger partial charge in [-0.25, -0.2) is 0 Å². The third-order valence-electron chi connectivity index (χ3n) is 10.4. The number of aromatic hydroxyl groups is 1. The number of phenols is 1. The molecule has 0 radical (unpaired) electrons. The van der Waals surface area contributed by atoms with E-state index in [9.17, 15) is 10.2 Å². The highest BCUT2D eigenvalue weighted by atomic mass is 16.5. The number of ether oxygens (including phenoxy) is 1. The fraction of sp³-hybridized carbons (Fsp3) is 0.438. The molecule has 2 fully saturated rings. The van der Waals surface area contributed by atoms with Gasteiger partial charge in [-0.1, -0.05) is 54.6 Å². The molecule has 0 amide bonds. The normalized spacial score (nSPS) is 33.1. The van der Waals surface area contributed by atoms with Gasteiger partial charge in [0.25, 0.3) is 0 Å². The molecule has 5 heteroatoms. The lowest BCUT2D eigenvalue weighted by atomic mass is 9.48. The maximum atomic E-state index is 12.8. The van der Waals surface area contributed by atoms with Crippen LogP contribution in [-0.2, 0) is 24.7 Å². The first-order valence-electron chi connectivity index (χ1n) is 14.0. The Balaban J connectivity index is 1.21.